The lowest BCUT2D eigenvalue weighted by Gasteiger charge is -2.08. The highest BCUT2D eigenvalue weighted by Crippen LogP contribution is 2.26. The van der Waals surface area contributed by atoms with E-state index in [-0.39, 0.29) is 11.1 Å². The normalized spacial score (nSPS) is 10.6. The minimum absolute atomic E-state index is 0.0991. The van der Waals surface area contributed by atoms with Gasteiger partial charge in [0.25, 0.3) is 5.91 Å². The van der Waals surface area contributed by atoms with E-state index in [4.69, 9.17) is 14.6 Å². The van der Waals surface area contributed by atoms with E-state index in [2.05, 4.69) is 5.32 Å². The van der Waals surface area contributed by atoms with Crippen LogP contribution >= 0.6 is 0 Å². The van der Waals surface area contributed by atoms with Gasteiger partial charge < -0.3 is 19.9 Å². The van der Waals surface area contributed by atoms with Crippen LogP contribution in [0.4, 0.5) is 5.69 Å². The summed E-state index contributed by atoms with van der Waals surface area (Å²) >= 11 is 0. The van der Waals surface area contributed by atoms with Crippen LogP contribution in [-0.4, -0.2) is 31.2 Å². The number of benzene rings is 2. The Labute approximate surface area is 150 Å². The number of rotatable bonds is 6. The standard InChI is InChI=1S/C19H16N2O5/c1-25-16-8-5-13(17(10-16)26-2)9-14(11-20)18(22)21-15-6-3-12(4-7-15)19(23)24/h3-10H,1-2H3,(H,21,22)(H,23,24)/b14-9+. The first-order valence-corrected chi connectivity index (χ1v) is 7.47. The van der Waals surface area contributed by atoms with Crippen LogP contribution in [0.15, 0.2) is 48.0 Å². The Morgan fingerprint density at radius 3 is 2.35 bits per heavy atom. The van der Waals surface area contributed by atoms with Crippen molar-refractivity contribution in [2.45, 2.75) is 0 Å². The summed E-state index contributed by atoms with van der Waals surface area (Å²) in [7, 11) is 3.00. The maximum atomic E-state index is 12.3. The Bertz CT molecular complexity index is 895. The molecule has 0 fully saturated rings. The molecule has 26 heavy (non-hydrogen) atoms. The van der Waals surface area contributed by atoms with Gasteiger partial charge in [0.2, 0.25) is 0 Å². The molecule has 0 heterocycles. The first kappa shape index (κ1) is 18.5. The number of carboxylic acids is 1. The Hall–Kier alpha value is -3.79. The highest BCUT2D eigenvalue weighted by molar-refractivity contribution is 6.10. The Morgan fingerprint density at radius 1 is 1.12 bits per heavy atom. The van der Waals surface area contributed by atoms with Gasteiger partial charge in [0.15, 0.2) is 0 Å². The van der Waals surface area contributed by atoms with Gasteiger partial charge in [0.05, 0.1) is 19.8 Å². The smallest absolute Gasteiger partial charge is 0.335 e. The van der Waals surface area contributed by atoms with Crippen molar-refractivity contribution < 1.29 is 24.2 Å². The van der Waals surface area contributed by atoms with E-state index in [9.17, 15) is 14.9 Å². The quantitative estimate of drug-likeness (QED) is 0.611. The average molecular weight is 352 g/mol. The molecule has 7 nitrogen and oxygen atoms in total. The Kier molecular flexibility index (Phi) is 5.96. The highest BCUT2D eigenvalue weighted by Gasteiger charge is 2.12. The first-order chi connectivity index (χ1) is 12.5. The zero-order chi connectivity index (χ0) is 19.1. The molecule has 0 aliphatic heterocycles. The van der Waals surface area contributed by atoms with Gasteiger partial charge in [-0.15, -0.1) is 0 Å². The predicted molar refractivity (Wildman–Crippen MR) is 95.2 cm³/mol. The third kappa shape index (κ3) is 4.39. The molecule has 2 aromatic rings. The molecule has 0 bridgehead atoms. The monoisotopic (exact) mass is 352 g/mol. The average Bonchev–Trinajstić information content (AvgIpc) is 2.66. The van der Waals surface area contributed by atoms with Crippen molar-refractivity contribution in [3.05, 3.63) is 59.2 Å². The molecule has 0 aliphatic carbocycles. The largest absolute Gasteiger partial charge is 0.497 e. The summed E-state index contributed by atoms with van der Waals surface area (Å²) in [5, 5.41) is 20.7. The number of carbonyl (C=O) groups is 2. The van der Waals surface area contributed by atoms with Crippen molar-refractivity contribution in [1.29, 1.82) is 5.26 Å². The summed E-state index contributed by atoms with van der Waals surface area (Å²) in [4.78, 5) is 23.1. The van der Waals surface area contributed by atoms with Crippen molar-refractivity contribution in [2.24, 2.45) is 0 Å². The van der Waals surface area contributed by atoms with Crippen molar-refractivity contribution in [2.75, 3.05) is 19.5 Å². The van der Waals surface area contributed by atoms with E-state index in [1.165, 1.54) is 44.6 Å². The van der Waals surface area contributed by atoms with Gasteiger partial charge >= 0.3 is 5.97 Å². The van der Waals surface area contributed by atoms with Crippen molar-refractivity contribution in [1.82, 2.24) is 0 Å². The Morgan fingerprint density at radius 2 is 1.81 bits per heavy atom. The van der Waals surface area contributed by atoms with E-state index in [0.717, 1.165) is 0 Å². The zero-order valence-electron chi connectivity index (χ0n) is 14.1. The molecule has 132 valence electrons. The second-order valence-electron chi connectivity index (χ2n) is 5.11. The lowest BCUT2D eigenvalue weighted by Crippen LogP contribution is -2.13. The second kappa shape index (κ2) is 8.35. The molecule has 0 radical (unpaired) electrons. The second-order valence-corrected chi connectivity index (χ2v) is 5.11. The van der Waals surface area contributed by atoms with E-state index in [1.807, 2.05) is 6.07 Å². The van der Waals surface area contributed by atoms with Crippen LogP contribution in [0, 0.1) is 11.3 Å². The van der Waals surface area contributed by atoms with Gasteiger partial charge in [-0.05, 0) is 42.5 Å². The van der Waals surface area contributed by atoms with Crippen LogP contribution in [-0.2, 0) is 4.79 Å². The molecule has 0 saturated carbocycles. The van der Waals surface area contributed by atoms with E-state index < -0.39 is 11.9 Å². The highest BCUT2D eigenvalue weighted by atomic mass is 16.5. The van der Waals surface area contributed by atoms with Crippen LogP contribution in [0.3, 0.4) is 0 Å². The van der Waals surface area contributed by atoms with Gasteiger partial charge in [-0.25, -0.2) is 4.79 Å². The van der Waals surface area contributed by atoms with Gasteiger partial charge in [-0.3, -0.25) is 4.79 Å². The number of hydrogen-bond donors (Lipinski definition) is 2. The molecule has 1 amide bonds. The first-order valence-electron chi connectivity index (χ1n) is 7.47. The number of carbonyl (C=O) groups excluding carboxylic acids is 1. The van der Waals surface area contributed by atoms with Crippen LogP contribution in [0.5, 0.6) is 11.5 Å². The fraction of sp³-hybridized carbons (Fsp3) is 0.105. The maximum Gasteiger partial charge on any atom is 0.335 e. The third-order valence-electron chi connectivity index (χ3n) is 3.50. The molecule has 0 spiro atoms. The molecular weight excluding hydrogens is 336 g/mol. The van der Waals surface area contributed by atoms with Gasteiger partial charge in [-0.1, -0.05) is 0 Å². The van der Waals surface area contributed by atoms with Crippen LogP contribution < -0.4 is 14.8 Å². The molecular formula is C19H16N2O5. The maximum absolute atomic E-state index is 12.3. The fourth-order valence-electron chi connectivity index (χ4n) is 2.14. The summed E-state index contributed by atoms with van der Waals surface area (Å²) in [5.74, 6) is -0.642. The number of anilines is 1. The van der Waals surface area contributed by atoms with Gasteiger partial charge in [0, 0.05) is 17.3 Å². The molecule has 2 N–H and O–H groups in total. The number of amides is 1. The van der Waals surface area contributed by atoms with Crippen molar-refractivity contribution >= 4 is 23.6 Å². The number of nitrogens with zero attached hydrogens (tertiary/aromatic N) is 1. The summed E-state index contributed by atoms with van der Waals surface area (Å²) in [6.45, 7) is 0. The fourth-order valence-corrected chi connectivity index (χ4v) is 2.14. The molecule has 0 aliphatic rings. The van der Waals surface area contributed by atoms with E-state index in [1.54, 1.807) is 18.2 Å². The summed E-state index contributed by atoms with van der Waals surface area (Å²) < 4.78 is 10.4. The minimum atomic E-state index is -1.06. The van der Waals surface area contributed by atoms with E-state index in [0.29, 0.717) is 22.7 Å². The number of ether oxygens (including phenoxy) is 2. The number of methoxy groups -OCH3 is 2. The summed E-state index contributed by atoms with van der Waals surface area (Å²) in [5.41, 5.74) is 0.891. The number of nitriles is 1. The molecule has 2 aromatic carbocycles. The molecule has 0 aromatic heterocycles. The Balaban J connectivity index is 2.24. The molecule has 7 heteroatoms. The predicted octanol–water partition coefficient (Wildman–Crippen LogP) is 2.95. The van der Waals surface area contributed by atoms with Gasteiger partial charge in [0.1, 0.15) is 23.1 Å². The van der Waals surface area contributed by atoms with E-state index >= 15 is 0 Å². The lowest BCUT2D eigenvalue weighted by molar-refractivity contribution is -0.112. The van der Waals surface area contributed by atoms with Crippen molar-refractivity contribution in [3.8, 4) is 17.6 Å². The number of hydrogen-bond acceptors (Lipinski definition) is 5. The lowest BCUT2D eigenvalue weighted by atomic mass is 10.1. The third-order valence-corrected chi connectivity index (χ3v) is 3.50. The number of carboxylic acid groups (broad SMARTS) is 1. The zero-order valence-corrected chi connectivity index (χ0v) is 14.1. The summed E-state index contributed by atoms with van der Waals surface area (Å²) in [6, 6.07) is 12.5. The van der Waals surface area contributed by atoms with Crippen LogP contribution in [0.25, 0.3) is 6.08 Å². The van der Waals surface area contributed by atoms with Crippen LogP contribution in [0.2, 0.25) is 0 Å². The molecule has 0 unspecified atom stereocenters. The van der Waals surface area contributed by atoms with Crippen molar-refractivity contribution in [3.63, 3.8) is 0 Å². The number of nitrogens with one attached hydrogen (secondary N) is 1. The van der Waals surface area contributed by atoms with Gasteiger partial charge in [-0.2, -0.15) is 5.26 Å². The molecule has 0 atom stereocenters. The summed E-state index contributed by atoms with van der Waals surface area (Å²) in [6.07, 6.45) is 1.40. The number of aromatic carboxylic acids is 1. The molecule has 0 saturated heterocycles. The molecule has 2 rings (SSSR count). The SMILES string of the molecule is COc1ccc(/C=C(\C#N)C(=O)Nc2ccc(C(=O)O)cc2)c(OC)c1. The minimum Gasteiger partial charge on any atom is -0.497 e. The topological polar surface area (TPSA) is 109 Å². The van der Waals surface area contributed by atoms with Crippen LogP contribution in [0.1, 0.15) is 15.9 Å².